The molecular formula is C22H24N6O. The molecule has 0 unspecified atom stereocenters. The minimum absolute atomic E-state index is 0.308. The molecule has 1 atom stereocenters. The van der Waals surface area contributed by atoms with Crippen molar-refractivity contribution in [1.82, 2.24) is 29.2 Å². The van der Waals surface area contributed by atoms with E-state index in [0.717, 1.165) is 43.9 Å². The maximum absolute atomic E-state index is 6.07. The zero-order valence-electron chi connectivity index (χ0n) is 16.3. The summed E-state index contributed by atoms with van der Waals surface area (Å²) in [6.07, 6.45) is 10.7. The van der Waals surface area contributed by atoms with Crippen molar-refractivity contribution in [3.8, 4) is 5.69 Å². The van der Waals surface area contributed by atoms with Crippen LogP contribution in [0.4, 0.5) is 0 Å². The van der Waals surface area contributed by atoms with Gasteiger partial charge in [0.15, 0.2) is 0 Å². The molecule has 1 fully saturated rings. The van der Waals surface area contributed by atoms with Gasteiger partial charge in [-0.1, -0.05) is 6.07 Å². The van der Waals surface area contributed by atoms with E-state index in [1.54, 1.807) is 18.9 Å². The topological polar surface area (TPSA) is 61.0 Å². The van der Waals surface area contributed by atoms with Gasteiger partial charge in [-0.25, -0.2) is 0 Å². The third kappa shape index (κ3) is 4.06. The van der Waals surface area contributed by atoms with Gasteiger partial charge in [0.05, 0.1) is 12.7 Å². The zero-order chi connectivity index (χ0) is 19.5. The summed E-state index contributed by atoms with van der Waals surface area (Å²) in [5, 5.41) is 9.00. The summed E-state index contributed by atoms with van der Waals surface area (Å²) in [7, 11) is 0. The first-order chi connectivity index (χ1) is 14.3. The van der Waals surface area contributed by atoms with Crippen molar-refractivity contribution in [3.05, 3.63) is 73.2 Å². The van der Waals surface area contributed by atoms with Crippen LogP contribution in [-0.2, 0) is 17.9 Å². The van der Waals surface area contributed by atoms with Crippen molar-refractivity contribution in [2.45, 2.75) is 25.7 Å². The summed E-state index contributed by atoms with van der Waals surface area (Å²) in [5.74, 6) is 0. The van der Waals surface area contributed by atoms with Crippen molar-refractivity contribution < 1.29 is 4.74 Å². The van der Waals surface area contributed by atoms with Gasteiger partial charge in [0, 0.05) is 61.4 Å². The molecule has 0 saturated carbocycles. The number of hydrogen-bond acceptors (Lipinski definition) is 5. The Morgan fingerprint density at radius 2 is 2.00 bits per heavy atom. The van der Waals surface area contributed by atoms with Crippen LogP contribution in [0.5, 0.6) is 0 Å². The number of pyridine rings is 1. The molecule has 1 aromatic carbocycles. The second-order valence-corrected chi connectivity index (χ2v) is 7.50. The van der Waals surface area contributed by atoms with E-state index in [-0.39, 0.29) is 0 Å². The lowest BCUT2D eigenvalue weighted by molar-refractivity contribution is 0.0463. The number of benzene rings is 1. The summed E-state index contributed by atoms with van der Waals surface area (Å²) >= 11 is 0. The number of rotatable bonds is 7. The van der Waals surface area contributed by atoms with Crippen LogP contribution in [0.3, 0.4) is 0 Å². The molecule has 4 heterocycles. The van der Waals surface area contributed by atoms with Gasteiger partial charge >= 0.3 is 0 Å². The fourth-order valence-electron chi connectivity index (χ4n) is 3.96. The third-order valence-corrected chi connectivity index (χ3v) is 5.57. The number of likely N-dealkylation sites (tertiary alicyclic amines) is 1. The summed E-state index contributed by atoms with van der Waals surface area (Å²) in [6, 6.07) is 12.6. The number of hydrogen-bond donors (Lipinski definition) is 0. The molecule has 1 saturated heterocycles. The van der Waals surface area contributed by atoms with Crippen molar-refractivity contribution in [1.29, 1.82) is 0 Å². The highest BCUT2D eigenvalue weighted by Crippen LogP contribution is 2.21. The predicted molar refractivity (Wildman–Crippen MR) is 111 cm³/mol. The average molecular weight is 388 g/mol. The van der Waals surface area contributed by atoms with E-state index in [9.17, 15) is 0 Å². The zero-order valence-corrected chi connectivity index (χ0v) is 16.3. The molecule has 29 heavy (non-hydrogen) atoms. The first kappa shape index (κ1) is 18.0. The Morgan fingerprint density at radius 3 is 2.86 bits per heavy atom. The quantitative estimate of drug-likeness (QED) is 0.487. The van der Waals surface area contributed by atoms with Crippen LogP contribution >= 0.6 is 0 Å². The molecule has 3 aromatic heterocycles. The van der Waals surface area contributed by atoms with E-state index in [0.29, 0.717) is 12.7 Å². The van der Waals surface area contributed by atoms with Gasteiger partial charge in [-0.15, -0.1) is 10.2 Å². The lowest BCUT2D eigenvalue weighted by atomic mass is 10.2. The number of ether oxygens (including phenoxy) is 1. The normalized spacial score (nSPS) is 17.3. The standard InChI is InChI=1S/C22H24N6O/c1-2-18(13-23-7-1)15-29-21-6-8-26(14-21)10-11-27-9-5-19-12-20(3-4-22(19)27)28-16-24-25-17-28/h1-5,7,9,12-13,16-17,21H,6,8,10-11,14-15H2/t21-/m1/s1. The SMILES string of the molecule is c1cncc(CO[C@@H]2CCN(CCn3ccc4cc(-n5cnnc5)ccc43)C2)c1. The molecule has 0 N–H and O–H groups in total. The van der Waals surface area contributed by atoms with E-state index < -0.39 is 0 Å². The maximum atomic E-state index is 6.07. The molecule has 0 bridgehead atoms. The van der Waals surface area contributed by atoms with Crippen LogP contribution in [0.25, 0.3) is 16.6 Å². The van der Waals surface area contributed by atoms with Crippen LogP contribution in [0, 0.1) is 0 Å². The highest BCUT2D eigenvalue weighted by atomic mass is 16.5. The first-order valence-corrected chi connectivity index (χ1v) is 10.0. The second-order valence-electron chi connectivity index (χ2n) is 7.50. The lowest BCUT2D eigenvalue weighted by Crippen LogP contribution is -2.26. The monoisotopic (exact) mass is 388 g/mol. The highest BCUT2D eigenvalue weighted by molar-refractivity contribution is 5.82. The Balaban J connectivity index is 1.16. The van der Waals surface area contributed by atoms with Crippen molar-refractivity contribution in [2.24, 2.45) is 0 Å². The molecule has 4 aromatic rings. The smallest absolute Gasteiger partial charge is 0.123 e. The van der Waals surface area contributed by atoms with Crippen LogP contribution < -0.4 is 0 Å². The molecule has 7 heteroatoms. The second kappa shape index (κ2) is 8.14. The Labute approximate surface area is 169 Å². The van der Waals surface area contributed by atoms with Crippen molar-refractivity contribution in [2.75, 3.05) is 19.6 Å². The van der Waals surface area contributed by atoms with Crippen LogP contribution in [0.2, 0.25) is 0 Å². The molecule has 0 amide bonds. The van der Waals surface area contributed by atoms with Crippen molar-refractivity contribution >= 4 is 10.9 Å². The van der Waals surface area contributed by atoms with Gasteiger partial charge in [-0.3, -0.25) is 14.5 Å². The first-order valence-electron chi connectivity index (χ1n) is 10.0. The molecule has 0 spiro atoms. The molecule has 1 aliphatic heterocycles. The number of nitrogens with zero attached hydrogens (tertiary/aromatic N) is 6. The number of aromatic nitrogens is 5. The highest BCUT2D eigenvalue weighted by Gasteiger charge is 2.22. The Bertz CT molecular complexity index is 1060. The summed E-state index contributed by atoms with van der Waals surface area (Å²) < 4.78 is 10.3. The largest absolute Gasteiger partial charge is 0.372 e. The number of fused-ring (bicyclic) bond motifs is 1. The maximum Gasteiger partial charge on any atom is 0.123 e. The molecule has 7 nitrogen and oxygen atoms in total. The lowest BCUT2D eigenvalue weighted by Gasteiger charge is -2.17. The molecule has 148 valence electrons. The van der Waals surface area contributed by atoms with Crippen molar-refractivity contribution in [3.63, 3.8) is 0 Å². The van der Waals surface area contributed by atoms with Gasteiger partial charge in [0.2, 0.25) is 0 Å². The van der Waals surface area contributed by atoms with Crippen LogP contribution in [0.1, 0.15) is 12.0 Å². The molecule has 0 aliphatic carbocycles. The summed E-state index contributed by atoms with van der Waals surface area (Å²) in [6.45, 7) is 4.74. The minimum Gasteiger partial charge on any atom is -0.372 e. The minimum atomic E-state index is 0.308. The average Bonchev–Trinajstić information content (AvgIpc) is 3.52. The third-order valence-electron chi connectivity index (χ3n) is 5.57. The van der Waals surface area contributed by atoms with E-state index in [1.807, 2.05) is 16.8 Å². The summed E-state index contributed by atoms with van der Waals surface area (Å²) in [4.78, 5) is 6.64. The Hall–Kier alpha value is -3.03. The van der Waals surface area contributed by atoms with E-state index >= 15 is 0 Å². The Morgan fingerprint density at radius 1 is 1.07 bits per heavy atom. The Kier molecular flexibility index (Phi) is 5.06. The van der Waals surface area contributed by atoms with Gasteiger partial charge < -0.3 is 9.30 Å². The fraction of sp³-hybridized carbons (Fsp3) is 0.318. The van der Waals surface area contributed by atoms with E-state index in [2.05, 4.69) is 61.2 Å². The van der Waals surface area contributed by atoms with E-state index in [4.69, 9.17) is 4.74 Å². The molecule has 1 aliphatic rings. The molecule has 0 radical (unpaired) electrons. The van der Waals surface area contributed by atoms with Gasteiger partial charge in [0.1, 0.15) is 12.7 Å². The van der Waals surface area contributed by atoms with Gasteiger partial charge in [-0.05, 0) is 42.3 Å². The molecular weight excluding hydrogens is 364 g/mol. The van der Waals surface area contributed by atoms with Crippen LogP contribution in [-0.4, -0.2) is 55.0 Å². The van der Waals surface area contributed by atoms with Crippen LogP contribution in [0.15, 0.2) is 67.6 Å². The fourth-order valence-corrected chi connectivity index (χ4v) is 3.96. The van der Waals surface area contributed by atoms with E-state index in [1.165, 1.54) is 10.9 Å². The van der Waals surface area contributed by atoms with Gasteiger partial charge in [0.25, 0.3) is 0 Å². The molecule has 5 rings (SSSR count). The van der Waals surface area contributed by atoms with Gasteiger partial charge in [-0.2, -0.15) is 0 Å². The predicted octanol–water partition coefficient (Wildman–Crippen LogP) is 2.91. The summed E-state index contributed by atoms with van der Waals surface area (Å²) in [5.41, 5.74) is 3.47.